The Morgan fingerprint density at radius 1 is 1.06 bits per heavy atom. The fraction of sp³-hybridized carbons (Fsp3) is 0.105. The molecule has 0 saturated heterocycles. The molecule has 0 aliphatic rings. The van der Waals surface area contributed by atoms with Gasteiger partial charge in [-0.1, -0.05) is 42.1 Å². The standard InChI is InChI=1S/C19H14F3N3O4S2/c20-19(21,22)13-8-4-5-9-14(13)24-16(26)11-30-18-23-10-15(17(27)25-18)31(28,29)12-6-2-1-3-7-12/h1-10H,11H2,(H,24,26)(H,23,25,27). The van der Waals surface area contributed by atoms with Crippen LogP contribution in [0.2, 0.25) is 0 Å². The third-order valence-electron chi connectivity index (χ3n) is 3.93. The highest BCUT2D eigenvalue weighted by Crippen LogP contribution is 2.34. The van der Waals surface area contributed by atoms with E-state index in [4.69, 9.17) is 0 Å². The second-order valence-electron chi connectivity index (χ2n) is 6.08. The van der Waals surface area contributed by atoms with Gasteiger partial charge in [0.15, 0.2) is 10.1 Å². The number of alkyl halides is 3. The van der Waals surface area contributed by atoms with Gasteiger partial charge in [0.1, 0.15) is 0 Å². The Balaban J connectivity index is 1.71. The van der Waals surface area contributed by atoms with Crippen molar-refractivity contribution in [2.24, 2.45) is 0 Å². The molecule has 12 heteroatoms. The van der Waals surface area contributed by atoms with Gasteiger partial charge in [-0.25, -0.2) is 13.4 Å². The van der Waals surface area contributed by atoms with Crippen LogP contribution < -0.4 is 10.9 Å². The van der Waals surface area contributed by atoms with Gasteiger partial charge in [0.25, 0.3) is 5.56 Å². The van der Waals surface area contributed by atoms with Gasteiger partial charge in [-0.05, 0) is 24.3 Å². The lowest BCUT2D eigenvalue weighted by molar-refractivity contribution is -0.137. The Morgan fingerprint density at radius 3 is 2.35 bits per heavy atom. The molecule has 2 aromatic carbocycles. The van der Waals surface area contributed by atoms with E-state index in [-0.39, 0.29) is 15.8 Å². The predicted octanol–water partition coefficient (Wildman–Crippen LogP) is 3.35. The number of carbonyl (C=O) groups excluding carboxylic acids is 1. The first kappa shape index (κ1) is 22.6. The summed E-state index contributed by atoms with van der Waals surface area (Å²) in [5.74, 6) is -1.12. The molecule has 0 saturated carbocycles. The fourth-order valence-electron chi connectivity index (χ4n) is 2.52. The SMILES string of the molecule is O=C(CSc1ncc(S(=O)(=O)c2ccccc2)c(=O)[nH]1)Nc1ccccc1C(F)(F)F. The van der Waals surface area contributed by atoms with Gasteiger partial charge in [0, 0.05) is 0 Å². The van der Waals surface area contributed by atoms with Crippen molar-refractivity contribution in [3.8, 4) is 0 Å². The average Bonchev–Trinajstić information content (AvgIpc) is 2.72. The van der Waals surface area contributed by atoms with Gasteiger partial charge in [-0.2, -0.15) is 13.2 Å². The smallest absolute Gasteiger partial charge is 0.325 e. The Hall–Kier alpha value is -3.12. The molecule has 2 N–H and O–H groups in total. The van der Waals surface area contributed by atoms with Gasteiger partial charge in [0.2, 0.25) is 15.7 Å². The number of carbonyl (C=O) groups is 1. The molecule has 1 aromatic heterocycles. The molecular weight excluding hydrogens is 455 g/mol. The van der Waals surface area contributed by atoms with E-state index in [1.54, 1.807) is 6.07 Å². The van der Waals surface area contributed by atoms with Gasteiger partial charge < -0.3 is 10.3 Å². The average molecular weight is 469 g/mol. The molecule has 0 aliphatic carbocycles. The summed E-state index contributed by atoms with van der Waals surface area (Å²) >= 11 is 0.736. The summed E-state index contributed by atoms with van der Waals surface area (Å²) in [7, 11) is -4.08. The second-order valence-corrected chi connectivity index (χ2v) is 8.96. The highest BCUT2D eigenvalue weighted by Gasteiger charge is 2.33. The van der Waals surface area contributed by atoms with Gasteiger partial charge in [-0.15, -0.1) is 0 Å². The molecule has 0 unspecified atom stereocenters. The van der Waals surface area contributed by atoms with Crippen molar-refractivity contribution in [1.82, 2.24) is 9.97 Å². The number of H-pyrrole nitrogens is 1. The number of rotatable bonds is 6. The van der Waals surface area contributed by atoms with Gasteiger partial charge in [0.05, 0.1) is 28.1 Å². The van der Waals surface area contributed by atoms with E-state index in [2.05, 4.69) is 15.3 Å². The third kappa shape index (κ3) is 5.33. The van der Waals surface area contributed by atoms with Crippen LogP contribution in [-0.2, 0) is 20.8 Å². The van der Waals surface area contributed by atoms with Crippen LogP contribution in [0.3, 0.4) is 0 Å². The highest BCUT2D eigenvalue weighted by atomic mass is 32.2. The van der Waals surface area contributed by atoms with Crippen molar-refractivity contribution in [3.05, 3.63) is 76.7 Å². The number of hydrogen-bond acceptors (Lipinski definition) is 6. The molecular formula is C19H14F3N3O4S2. The van der Waals surface area contributed by atoms with E-state index < -0.39 is 43.6 Å². The summed E-state index contributed by atoms with van der Waals surface area (Å²) in [5, 5.41) is 2.10. The predicted molar refractivity (Wildman–Crippen MR) is 108 cm³/mol. The van der Waals surface area contributed by atoms with Crippen molar-refractivity contribution in [2.75, 3.05) is 11.1 Å². The molecule has 0 bridgehead atoms. The highest BCUT2D eigenvalue weighted by molar-refractivity contribution is 7.99. The summed E-state index contributed by atoms with van der Waals surface area (Å²) in [5.41, 5.74) is -2.31. The monoisotopic (exact) mass is 469 g/mol. The van der Waals surface area contributed by atoms with E-state index in [0.29, 0.717) is 0 Å². The molecule has 0 spiro atoms. The Morgan fingerprint density at radius 2 is 1.71 bits per heavy atom. The number of thioether (sulfide) groups is 1. The van der Waals surface area contributed by atoms with E-state index in [1.807, 2.05) is 0 Å². The lowest BCUT2D eigenvalue weighted by atomic mass is 10.1. The lowest BCUT2D eigenvalue weighted by Crippen LogP contribution is -2.20. The molecule has 3 rings (SSSR count). The zero-order valence-electron chi connectivity index (χ0n) is 15.5. The summed E-state index contributed by atoms with van der Waals surface area (Å²) in [4.78, 5) is 29.7. The van der Waals surface area contributed by atoms with Gasteiger partial charge >= 0.3 is 6.18 Å². The molecule has 162 valence electrons. The van der Waals surface area contributed by atoms with Crippen LogP contribution in [0.5, 0.6) is 0 Å². The molecule has 1 amide bonds. The number of anilines is 1. The van der Waals surface area contributed by atoms with Crippen molar-refractivity contribution < 1.29 is 26.4 Å². The summed E-state index contributed by atoms with van der Waals surface area (Å²) < 4.78 is 64.0. The Bertz CT molecular complexity index is 1260. The van der Waals surface area contributed by atoms with E-state index in [0.717, 1.165) is 30.1 Å². The first-order valence-corrected chi connectivity index (χ1v) is 11.0. The normalized spacial score (nSPS) is 11.8. The zero-order chi connectivity index (χ0) is 22.6. The number of nitrogens with zero attached hydrogens (tertiary/aromatic N) is 1. The van der Waals surface area contributed by atoms with Crippen LogP contribution in [0.25, 0.3) is 0 Å². The molecule has 0 atom stereocenters. The fourth-order valence-corrected chi connectivity index (χ4v) is 4.41. The van der Waals surface area contributed by atoms with Crippen LogP contribution in [0.4, 0.5) is 18.9 Å². The number of amides is 1. The summed E-state index contributed by atoms with van der Waals surface area (Å²) in [6.07, 6.45) is -3.76. The van der Waals surface area contributed by atoms with Crippen molar-refractivity contribution in [2.45, 2.75) is 21.1 Å². The molecule has 31 heavy (non-hydrogen) atoms. The first-order chi connectivity index (χ1) is 14.6. The number of aromatic amines is 1. The van der Waals surface area contributed by atoms with Crippen LogP contribution in [0.15, 0.2) is 80.5 Å². The number of hydrogen-bond donors (Lipinski definition) is 2. The topological polar surface area (TPSA) is 109 Å². The third-order valence-corrected chi connectivity index (χ3v) is 6.58. The maximum Gasteiger partial charge on any atom is 0.418 e. The zero-order valence-corrected chi connectivity index (χ0v) is 17.1. The molecule has 7 nitrogen and oxygen atoms in total. The van der Waals surface area contributed by atoms with Crippen LogP contribution in [0.1, 0.15) is 5.56 Å². The minimum atomic E-state index is -4.64. The van der Waals surface area contributed by atoms with Crippen molar-refractivity contribution in [1.29, 1.82) is 0 Å². The van der Waals surface area contributed by atoms with E-state index >= 15 is 0 Å². The molecule has 1 heterocycles. The minimum Gasteiger partial charge on any atom is -0.325 e. The second kappa shape index (κ2) is 8.94. The Kier molecular flexibility index (Phi) is 6.51. The van der Waals surface area contributed by atoms with E-state index in [9.17, 15) is 31.2 Å². The molecule has 0 fully saturated rings. The van der Waals surface area contributed by atoms with Crippen molar-refractivity contribution >= 4 is 33.2 Å². The number of benzene rings is 2. The maximum absolute atomic E-state index is 13.0. The van der Waals surface area contributed by atoms with Crippen LogP contribution in [0, 0.1) is 0 Å². The molecule has 0 aliphatic heterocycles. The van der Waals surface area contributed by atoms with E-state index in [1.165, 1.54) is 36.4 Å². The molecule has 0 radical (unpaired) electrons. The quantitative estimate of drug-likeness (QED) is 0.423. The summed E-state index contributed by atoms with van der Waals surface area (Å²) in [6.45, 7) is 0. The first-order valence-electron chi connectivity index (χ1n) is 8.57. The maximum atomic E-state index is 13.0. The van der Waals surface area contributed by atoms with Gasteiger partial charge in [-0.3, -0.25) is 9.59 Å². The largest absolute Gasteiger partial charge is 0.418 e. The van der Waals surface area contributed by atoms with Crippen LogP contribution in [-0.4, -0.2) is 30.0 Å². The number of halogens is 3. The summed E-state index contributed by atoms with van der Waals surface area (Å²) in [6, 6.07) is 11.8. The number of nitrogens with one attached hydrogen (secondary N) is 2. The molecule has 3 aromatic rings. The van der Waals surface area contributed by atoms with Crippen molar-refractivity contribution in [3.63, 3.8) is 0 Å². The Labute approximate surface area is 178 Å². The number of aromatic nitrogens is 2. The minimum absolute atomic E-state index is 0.0590. The van der Waals surface area contributed by atoms with Crippen LogP contribution >= 0.6 is 11.8 Å². The number of para-hydroxylation sites is 1. The number of sulfone groups is 1. The lowest BCUT2D eigenvalue weighted by Gasteiger charge is -2.13.